The van der Waals surface area contributed by atoms with E-state index in [1.807, 2.05) is 20.8 Å². The summed E-state index contributed by atoms with van der Waals surface area (Å²) in [5, 5.41) is 31.8. The second-order valence-corrected chi connectivity index (χ2v) is 17.9. The van der Waals surface area contributed by atoms with E-state index in [0.29, 0.717) is 74.5 Å². The summed E-state index contributed by atoms with van der Waals surface area (Å²) in [4.78, 5) is 54.7. The first-order valence-corrected chi connectivity index (χ1v) is 21.1. The number of halogens is 3. The van der Waals surface area contributed by atoms with Crippen LogP contribution in [-0.4, -0.2) is 61.6 Å². The molecule has 1 aliphatic heterocycles. The van der Waals surface area contributed by atoms with Gasteiger partial charge in [-0.2, -0.15) is 0 Å². The summed E-state index contributed by atoms with van der Waals surface area (Å²) in [5.74, 6) is -0.690. The molecule has 0 saturated heterocycles. The summed E-state index contributed by atoms with van der Waals surface area (Å²) in [7, 11) is 0. The van der Waals surface area contributed by atoms with Crippen molar-refractivity contribution < 1.29 is 24.4 Å². The van der Waals surface area contributed by atoms with Crippen LogP contribution in [0.4, 0.5) is 4.39 Å². The minimum atomic E-state index is -1.44. The molecule has 0 bridgehead atoms. The Morgan fingerprint density at radius 2 is 1.56 bits per heavy atom. The van der Waals surface area contributed by atoms with E-state index in [9.17, 15) is 24.9 Å². The van der Waals surface area contributed by atoms with Gasteiger partial charge < -0.3 is 20.1 Å². The second kappa shape index (κ2) is 17.0. The van der Waals surface area contributed by atoms with Crippen LogP contribution in [0.1, 0.15) is 80.0 Å². The van der Waals surface area contributed by atoms with Gasteiger partial charge in [0.15, 0.2) is 5.82 Å². The van der Waals surface area contributed by atoms with Gasteiger partial charge in [-0.15, -0.1) is 0 Å². The van der Waals surface area contributed by atoms with Crippen LogP contribution in [0.25, 0.3) is 33.9 Å². The highest BCUT2D eigenvalue weighted by Crippen LogP contribution is 2.34. The Labute approximate surface area is 375 Å². The normalized spacial score (nSPS) is 14.4. The number of dihydropyridines is 1. The Morgan fingerprint density at radius 1 is 0.857 bits per heavy atom. The molecule has 0 amide bonds. The van der Waals surface area contributed by atoms with Gasteiger partial charge in [0.25, 0.3) is 11.1 Å². The van der Waals surface area contributed by atoms with Crippen molar-refractivity contribution in [1.29, 1.82) is 0 Å². The Kier molecular flexibility index (Phi) is 12.2. The predicted molar refractivity (Wildman–Crippen MR) is 242 cm³/mol. The molecule has 0 saturated carbocycles. The first-order valence-electron chi connectivity index (χ1n) is 19.9. The summed E-state index contributed by atoms with van der Waals surface area (Å²) >= 11 is 9.96. The first kappa shape index (κ1) is 45.1. The summed E-state index contributed by atoms with van der Waals surface area (Å²) in [6, 6.07) is 9.46. The van der Waals surface area contributed by atoms with Crippen LogP contribution >= 0.6 is 27.5 Å². The molecule has 6 aromatic rings. The van der Waals surface area contributed by atoms with Crippen molar-refractivity contribution >= 4 is 38.9 Å². The average molecular weight is 940 g/mol. The zero-order chi connectivity index (χ0) is 45.9. The number of aromatic nitrogens is 7. The Morgan fingerprint density at radius 3 is 2.25 bits per heavy atom. The molecule has 3 N–H and O–H groups in total. The SMILES string of the molecule is Cc1cnc(-c2nc(C(C)(C)O)ncc2C)cc1-n1c(C)cc(OCc2ncc(F)cc2-c2cc(C3=NC[C@@H](C)C(n4c(C)cc(O)c(Br)c4=O)=C3)nc(C(C)(C)O)c2)c(Cl)c1=O. The van der Waals surface area contributed by atoms with Crippen molar-refractivity contribution in [2.24, 2.45) is 10.9 Å². The number of rotatable bonds is 10. The van der Waals surface area contributed by atoms with Crippen LogP contribution in [0.5, 0.6) is 11.5 Å². The van der Waals surface area contributed by atoms with Gasteiger partial charge in [-0.05, 0) is 118 Å². The third-order valence-corrected chi connectivity index (χ3v) is 11.7. The molecule has 6 aromatic heterocycles. The number of pyridine rings is 5. The molecule has 0 unspecified atom stereocenters. The van der Waals surface area contributed by atoms with Gasteiger partial charge in [-0.25, -0.2) is 19.3 Å². The Balaban J connectivity index is 1.25. The first-order chi connectivity index (χ1) is 29.5. The van der Waals surface area contributed by atoms with Gasteiger partial charge in [-0.1, -0.05) is 18.5 Å². The van der Waals surface area contributed by atoms with Crippen molar-refractivity contribution in [3.8, 4) is 39.7 Å². The predicted octanol–water partition coefficient (Wildman–Crippen LogP) is 7.82. The lowest BCUT2D eigenvalue weighted by molar-refractivity contribution is 0.0687. The summed E-state index contributed by atoms with van der Waals surface area (Å²) in [6.45, 7) is 15.4. The highest BCUT2D eigenvalue weighted by atomic mass is 79.9. The maximum Gasteiger partial charge on any atom is 0.277 e. The molecule has 7 rings (SSSR count). The van der Waals surface area contributed by atoms with Crippen LogP contribution in [-0.2, 0) is 17.8 Å². The lowest BCUT2D eigenvalue weighted by atomic mass is 9.95. The van der Waals surface area contributed by atoms with E-state index >= 15 is 4.39 Å². The molecular formula is C46H45BrClFN8O6. The van der Waals surface area contributed by atoms with Gasteiger partial charge in [0.2, 0.25) is 0 Å². The number of hydrogen-bond donors (Lipinski definition) is 3. The molecule has 0 spiro atoms. The van der Waals surface area contributed by atoms with Gasteiger partial charge in [0.05, 0.1) is 46.1 Å². The quantitative estimate of drug-likeness (QED) is 0.121. The zero-order valence-electron chi connectivity index (χ0n) is 36.0. The van der Waals surface area contributed by atoms with Gasteiger partial charge in [0, 0.05) is 59.6 Å². The molecule has 326 valence electrons. The zero-order valence-corrected chi connectivity index (χ0v) is 38.4. The van der Waals surface area contributed by atoms with Crippen molar-refractivity contribution in [3.05, 3.63) is 143 Å². The molecule has 63 heavy (non-hydrogen) atoms. The smallest absolute Gasteiger partial charge is 0.277 e. The molecule has 1 atom stereocenters. The number of aliphatic imine (C=N–C) groups is 1. The number of hydrogen-bond acceptors (Lipinski definition) is 12. The fraction of sp³-hybridized carbons (Fsp3) is 0.304. The monoisotopic (exact) mass is 938 g/mol. The molecule has 0 fully saturated rings. The molecule has 0 radical (unpaired) electrons. The van der Waals surface area contributed by atoms with Gasteiger partial charge in [-0.3, -0.25) is 33.7 Å². The molecule has 14 nitrogen and oxygen atoms in total. The topological polar surface area (TPSA) is 191 Å². The number of aryl methyl sites for hydroxylation is 4. The highest BCUT2D eigenvalue weighted by Gasteiger charge is 2.27. The fourth-order valence-electron chi connectivity index (χ4n) is 7.19. The number of allylic oxidation sites excluding steroid dienone is 1. The van der Waals surface area contributed by atoms with Crippen LogP contribution in [0.15, 0.2) is 80.1 Å². The van der Waals surface area contributed by atoms with E-state index in [-0.39, 0.29) is 45.0 Å². The molecule has 7 heterocycles. The van der Waals surface area contributed by atoms with Crippen LogP contribution in [0.3, 0.4) is 0 Å². The van der Waals surface area contributed by atoms with Crippen LogP contribution < -0.4 is 15.9 Å². The summed E-state index contributed by atoms with van der Waals surface area (Å²) < 4.78 is 24.3. The largest absolute Gasteiger partial charge is 0.506 e. The van der Waals surface area contributed by atoms with E-state index in [0.717, 1.165) is 11.8 Å². The number of nitrogens with zero attached hydrogens (tertiary/aromatic N) is 8. The maximum absolute atomic E-state index is 15.1. The standard InChI is InChI=1S/C46H45BrClFN8O6/c1-22-17-50-30(15-34(22)56-25(4)10-36(58)39(47)42(56)59)31-12-27(13-38(54-31)45(6,7)61)29-14-28(49)20-52-33(29)21-63-37-11-26(5)57(43(60)40(37)48)35-16-32(51-18-23(35)2)41-24(3)19-53-44(55-41)46(8,9)62/h10-16,18-20,22,58,61-62H,17,21H2,1-9H3/t22-/m1/s1. The van der Waals surface area contributed by atoms with Crippen LogP contribution in [0.2, 0.25) is 5.02 Å². The van der Waals surface area contributed by atoms with Crippen molar-refractivity contribution in [1.82, 2.24) is 34.1 Å². The lowest BCUT2D eigenvalue weighted by Gasteiger charge is -2.24. The fourth-order valence-corrected chi connectivity index (χ4v) is 7.67. The van der Waals surface area contributed by atoms with E-state index in [1.165, 1.54) is 21.3 Å². The second-order valence-electron chi connectivity index (χ2n) is 16.7. The Bertz CT molecular complexity index is 3030. The molecule has 0 aromatic carbocycles. The summed E-state index contributed by atoms with van der Waals surface area (Å²) in [6.07, 6.45) is 6.04. The number of aromatic hydroxyl groups is 1. The van der Waals surface area contributed by atoms with Gasteiger partial charge in [0.1, 0.15) is 44.6 Å². The average Bonchev–Trinajstić information content (AvgIpc) is 3.21. The molecule has 17 heteroatoms. The van der Waals surface area contributed by atoms with Crippen molar-refractivity contribution in [3.63, 3.8) is 0 Å². The van der Waals surface area contributed by atoms with E-state index in [1.54, 1.807) is 84.3 Å². The lowest BCUT2D eigenvalue weighted by Crippen LogP contribution is -2.28. The summed E-state index contributed by atoms with van der Waals surface area (Å²) in [5.41, 5.74) is 2.84. The van der Waals surface area contributed by atoms with Crippen LogP contribution in [0, 0.1) is 39.4 Å². The van der Waals surface area contributed by atoms with E-state index in [2.05, 4.69) is 35.9 Å². The van der Waals surface area contributed by atoms with Crippen molar-refractivity contribution in [2.45, 2.75) is 80.1 Å². The molecular weight excluding hydrogens is 895 g/mol. The third-order valence-electron chi connectivity index (χ3n) is 10.6. The maximum atomic E-state index is 15.1. The number of aliphatic hydroxyl groups is 2. The minimum absolute atomic E-state index is 0.0238. The van der Waals surface area contributed by atoms with E-state index < -0.39 is 28.1 Å². The number of ether oxygens (including phenoxy) is 1. The third kappa shape index (κ3) is 8.98. The molecule has 1 aliphatic rings. The highest BCUT2D eigenvalue weighted by molar-refractivity contribution is 9.10. The molecule has 0 aliphatic carbocycles. The Hall–Kier alpha value is -5.94. The van der Waals surface area contributed by atoms with Gasteiger partial charge >= 0.3 is 0 Å². The minimum Gasteiger partial charge on any atom is -0.506 e. The van der Waals surface area contributed by atoms with E-state index in [4.69, 9.17) is 26.3 Å². The van der Waals surface area contributed by atoms with Crippen molar-refractivity contribution in [2.75, 3.05) is 6.54 Å².